The smallest absolute Gasteiger partial charge is 1.00 e. The van der Waals surface area contributed by atoms with Crippen molar-refractivity contribution in [2.45, 2.75) is 5.51 Å². The molecule has 0 atom stereocenters. The van der Waals surface area contributed by atoms with Crippen LogP contribution >= 0.6 is 11.6 Å². The van der Waals surface area contributed by atoms with Crippen molar-refractivity contribution < 1.29 is 88.6 Å². The van der Waals surface area contributed by atoms with E-state index in [0.29, 0.717) is 0 Å². The van der Waals surface area contributed by atoms with E-state index in [-0.39, 0.29) is 81.4 Å². The predicted molar refractivity (Wildman–Crippen MR) is 86.4 cm³/mol. The van der Waals surface area contributed by atoms with Crippen molar-refractivity contribution in [1.82, 2.24) is 9.97 Å². The molecule has 1 heterocycles. The molecule has 0 amide bonds. The van der Waals surface area contributed by atoms with Crippen molar-refractivity contribution in [2.75, 3.05) is 18.9 Å². The van der Waals surface area contributed by atoms with Gasteiger partial charge in [-0.3, -0.25) is 4.72 Å². The topological polar surface area (TPSA) is 99.6 Å². The number of anilines is 1. The van der Waals surface area contributed by atoms with E-state index in [2.05, 4.69) is 9.97 Å². The van der Waals surface area contributed by atoms with E-state index in [0.717, 1.165) is 0 Å². The number of hydrogen-bond acceptors (Lipinski definition) is 7. The molecule has 1 aromatic carbocycles. The molecule has 2 aromatic rings. The Kier molecular flexibility index (Phi) is 8.59. The van der Waals surface area contributed by atoms with Crippen molar-refractivity contribution >= 4 is 27.3 Å². The van der Waals surface area contributed by atoms with Crippen LogP contribution < -0.4 is 70.3 Å². The monoisotopic (exact) mass is 453 g/mol. The molecule has 0 saturated carbocycles. The Hall–Kier alpha value is -0.834. The number of aromatic nitrogens is 2. The van der Waals surface area contributed by atoms with Crippen LogP contribution in [0.2, 0.25) is 5.02 Å². The Labute approximate surface area is 201 Å². The average molecular weight is 454 g/mol. The van der Waals surface area contributed by atoms with Crippen LogP contribution in [0, 0.1) is 0 Å². The number of sulfonamides is 1. The molecule has 0 saturated heterocycles. The third-order valence-electron chi connectivity index (χ3n) is 2.79. The summed E-state index contributed by atoms with van der Waals surface area (Å²) in [6.07, 6.45) is 0. The van der Waals surface area contributed by atoms with Gasteiger partial charge in [-0.1, -0.05) is 17.7 Å². The average Bonchev–Trinajstić information content (AvgIpc) is 2.56. The number of nitrogens with zero attached hydrogens (tertiary/aromatic N) is 2. The summed E-state index contributed by atoms with van der Waals surface area (Å²) < 4.78 is 77.0. The van der Waals surface area contributed by atoms with Crippen LogP contribution in [0.5, 0.6) is 23.5 Å². The second-order valence-corrected chi connectivity index (χ2v) is 6.58. The van der Waals surface area contributed by atoms with Crippen molar-refractivity contribution in [1.29, 1.82) is 0 Å². The number of alkyl halides is 3. The fourth-order valence-corrected chi connectivity index (χ4v) is 2.48. The summed E-state index contributed by atoms with van der Waals surface area (Å²) in [5.74, 6) is -0.266. The van der Waals surface area contributed by atoms with Crippen LogP contribution in [-0.4, -0.2) is 38.1 Å². The minimum atomic E-state index is -5.72. The molecule has 144 valence electrons. The van der Waals surface area contributed by atoms with Crippen LogP contribution in [0.15, 0.2) is 24.3 Å². The molecule has 14 heteroatoms. The summed E-state index contributed by atoms with van der Waals surface area (Å²) in [4.78, 5) is 7.67. The van der Waals surface area contributed by atoms with E-state index < -0.39 is 21.2 Å². The van der Waals surface area contributed by atoms with Crippen LogP contribution in [0.4, 0.5) is 18.9 Å². The third kappa shape index (κ3) is 6.07. The van der Waals surface area contributed by atoms with Gasteiger partial charge in [0.15, 0.2) is 5.75 Å². The van der Waals surface area contributed by atoms with Crippen molar-refractivity contribution in [3.05, 3.63) is 29.3 Å². The first-order chi connectivity index (χ1) is 12.1. The van der Waals surface area contributed by atoms with Gasteiger partial charge in [0.2, 0.25) is 11.8 Å². The van der Waals surface area contributed by atoms with Gasteiger partial charge >= 0.3 is 72.9 Å². The van der Waals surface area contributed by atoms with E-state index >= 15 is 0 Å². The van der Waals surface area contributed by atoms with Crippen LogP contribution in [0.3, 0.4) is 0 Å². The summed E-state index contributed by atoms with van der Waals surface area (Å²) in [5, 5.41) is -0.329. The molecule has 0 bridgehead atoms. The molecule has 8 nitrogen and oxygen atoms in total. The molecule has 27 heavy (non-hydrogen) atoms. The van der Waals surface area contributed by atoms with Gasteiger partial charge in [-0.15, -0.1) is 0 Å². The normalized spacial score (nSPS) is 11.3. The van der Waals surface area contributed by atoms with Gasteiger partial charge in [0.1, 0.15) is 5.69 Å². The number of nitrogens with one attached hydrogen (secondary N) is 1. The standard InChI is InChI=1S/C13H11ClF3N3O5S.K.H/c1-23-9-6-10(24-2)19-12(18-9)25-8-5-3-4-7(14)11(8)20-26(21,22)13(15,16)17;;/h3-6,20H,1-2H3;;/q;+1;-1. The maximum atomic E-state index is 12.6. The zero-order chi connectivity index (χ0) is 19.5. The van der Waals surface area contributed by atoms with Crippen molar-refractivity contribution in [3.8, 4) is 23.5 Å². The quantitative estimate of drug-likeness (QED) is 0.629. The molecule has 1 N–H and O–H groups in total. The molecule has 0 aliphatic rings. The van der Waals surface area contributed by atoms with Gasteiger partial charge in [-0.25, -0.2) is 0 Å². The molecular weight excluding hydrogens is 442 g/mol. The fraction of sp³-hybridized carbons (Fsp3) is 0.231. The van der Waals surface area contributed by atoms with E-state index in [1.54, 1.807) is 0 Å². The van der Waals surface area contributed by atoms with Crippen LogP contribution in [0.25, 0.3) is 0 Å². The van der Waals surface area contributed by atoms with Gasteiger partial charge in [0.25, 0.3) is 0 Å². The van der Waals surface area contributed by atoms with E-state index in [1.165, 1.54) is 43.2 Å². The Bertz CT molecular complexity index is 899. The number of ether oxygens (including phenoxy) is 3. The maximum Gasteiger partial charge on any atom is 1.00 e. The Morgan fingerprint density at radius 3 is 2.19 bits per heavy atom. The second-order valence-electron chi connectivity index (χ2n) is 4.50. The van der Waals surface area contributed by atoms with Gasteiger partial charge < -0.3 is 15.6 Å². The fourth-order valence-electron chi connectivity index (χ4n) is 1.62. The third-order valence-corrected chi connectivity index (χ3v) is 4.19. The summed E-state index contributed by atoms with van der Waals surface area (Å²) in [5.41, 5.74) is -6.17. The zero-order valence-electron chi connectivity index (χ0n) is 15.2. The molecule has 0 fully saturated rings. The first-order valence-corrected chi connectivity index (χ1v) is 8.46. The summed E-state index contributed by atoms with van der Waals surface area (Å²) in [6.45, 7) is 0. The molecule has 0 aliphatic carbocycles. The minimum absolute atomic E-state index is 0. The number of halogens is 4. The molecule has 0 spiro atoms. The van der Waals surface area contributed by atoms with Gasteiger partial charge in [0.05, 0.1) is 25.3 Å². The maximum absolute atomic E-state index is 12.6. The van der Waals surface area contributed by atoms with Gasteiger partial charge in [-0.2, -0.15) is 31.6 Å². The number of para-hydroxylation sites is 1. The summed E-state index contributed by atoms with van der Waals surface area (Å²) in [7, 11) is -3.09. The Morgan fingerprint density at radius 2 is 1.70 bits per heavy atom. The summed E-state index contributed by atoms with van der Waals surface area (Å²) in [6, 6.07) is 4.65. The molecular formula is C13H12ClF3KN3O5S. The van der Waals surface area contributed by atoms with Gasteiger partial charge in [-0.05, 0) is 12.1 Å². The van der Waals surface area contributed by atoms with E-state index in [4.69, 9.17) is 25.8 Å². The molecule has 2 rings (SSSR count). The van der Waals surface area contributed by atoms with E-state index in [1.807, 2.05) is 0 Å². The number of benzene rings is 1. The van der Waals surface area contributed by atoms with Crippen LogP contribution in [-0.2, 0) is 10.0 Å². The SMILES string of the molecule is COc1cc(OC)nc(Oc2cccc(Cl)c2NS(=O)(=O)C(F)(F)F)n1.[H-].[K+]. The number of methoxy groups -OCH3 is 2. The van der Waals surface area contributed by atoms with Crippen molar-refractivity contribution in [3.63, 3.8) is 0 Å². The summed E-state index contributed by atoms with van der Waals surface area (Å²) >= 11 is 5.80. The Morgan fingerprint density at radius 1 is 1.15 bits per heavy atom. The first kappa shape index (κ1) is 24.2. The molecule has 1 aromatic heterocycles. The van der Waals surface area contributed by atoms with Crippen molar-refractivity contribution in [2.24, 2.45) is 0 Å². The minimum Gasteiger partial charge on any atom is -1.00 e. The second kappa shape index (κ2) is 9.58. The van der Waals surface area contributed by atoms with Crippen LogP contribution in [0.1, 0.15) is 1.43 Å². The van der Waals surface area contributed by atoms with E-state index in [9.17, 15) is 21.6 Å². The number of rotatable bonds is 6. The molecule has 0 unspecified atom stereocenters. The Balaban J connectivity index is 0.00000364. The van der Waals surface area contributed by atoms with Gasteiger partial charge in [0, 0.05) is 0 Å². The number of hydrogen-bond donors (Lipinski definition) is 1. The molecule has 0 aliphatic heterocycles. The first-order valence-electron chi connectivity index (χ1n) is 6.60. The molecule has 0 radical (unpaired) electrons. The predicted octanol–water partition coefficient (Wildman–Crippen LogP) is 0.317. The zero-order valence-corrected chi connectivity index (χ0v) is 18.9. The largest absolute Gasteiger partial charge is 1.00 e.